The molecule has 0 aromatic carbocycles. The normalized spacial score (nSPS) is 25.0. The minimum Gasteiger partial charge on any atom is -0.379 e. The fraction of sp³-hybridized carbons (Fsp3) is 0.941. The highest BCUT2D eigenvalue weighted by Crippen LogP contribution is 2.23. The van der Waals surface area contributed by atoms with E-state index in [0.717, 1.165) is 38.4 Å². The number of nitrogens with zero attached hydrogens (tertiary/aromatic N) is 2. The monoisotopic (exact) mass is 503 g/mol. The van der Waals surface area contributed by atoms with Crippen LogP contribution in [0.5, 0.6) is 0 Å². The van der Waals surface area contributed by atoms with E-state index in [0.29, 0.717) is 32.8 Å². The number of sulfone groups is 1. The van der Waals surface area contributed by atoms with Gasteiger partial charge in [-0.15, -0.1) is 24.0 Å². The van der Waals surface area contributed by atoms with Crippen LogP contribution in [-0.4, -0.2) is 81.9 Å². The average molecular weight is 503 g/mol. The Morgan fingerprint density at radius 2 is 2.19 bits per heavy atom. The summed E-state index contributed by atoms with van der Waals surface area (Å²) in [5, 5.41) is 3.27. The van der Waals surface area contributed by atoms with Crippen LogP contribution in [0, 0.1) is 0 Å². The van der Waals surface area contributed by atoms with Gasteiger partial charge in [0.1, 0.15) is 0 Å². The highest BCUT2D eigenvalue weighted by molar-refractivity contribution is 14.0. The van der Waals surface area contributed by atoms with E-state index in [1.54, 1.807) is 13.8 Å². The van der Waals surface area contributed by atoms with Crippen molar-refractivity contribution >= 4 is 39.8 Å². The van der Waals surface area contributed by atoms with Crippen molar-refractivity contribution in [2.75, 3.05) is 51.8 Å². The average Bonchev–Trinajstić information content (AvgIpc) is 3.06. The number of hydrogen-bond donors (Lipinski definition) is 1. The molecule has 26 heavy (non-hydrogen) atoms. The van der Waals surface area contributed by atoms with Crippen LogP contribution < -0.4 is 5.32 Å². The van der Waals surface area contributed by atoms with Crippen molar-refractivity contribution in [3.8, 4) is 0 Å². The van der Waals surface area contributed by atoms with Crippen LogP contribution in [0.4, 0.5) is 0 Å². The van der Waals surface area contributed by atoms with Gasteiger partial charge in [-0.25, -0.2) is 8.42 Å². The first-order valence-electron chi connectivity index (χ1n) is 9.30. The number of halogens is 1. The lowest BCUT2D eigenvalue weighted by Gasteiger charge is -2.39. The predicted octanol–water partition coefficient (Wildman–Crippen LogP) is 1.66. The van der Waals surface area contributed by atoms with Gasteiger partial charge in [0.25, 0.3) is 0 Å². The van der Waals surface area contributed by atoms with E-state index in [1.165, 1.54) is 0 Å². The van der Waals surface area contributed by atoms with Gasteiger partial charge in [-0.1, -0.05) is 0 Å². The molecule has 2 rings (SSSR count). The summed E-state index contributed by atoms with van der Waals surface area (Å²) < 4.78 is 34.8. The quantitative estimate of drug-likeness (QED) is 0.247. The summed E-state index contributed by atoms with van der Waals surface area (Å²) >= 11 is 0. The van der Waals surface area contributed by atoms with Crippen molar-refractivity contribution in [3.63, 3.8) is 0 Å². The SMILES string of the molecule is CCNC(=NCCCOCC1CCCO1)N1CCS(=O)(=O)C(C)(C)C1.I. The number of hydrogen-bond acceptors (Lipinski definition) is 5. The molecule has 0 saturated carbocycles. The van der Waals surface area contributed by atoms with Gasteiger partial charge in [0.05, 0.1) is 23.2 Å². The maximum Gasteiger partial charge on any atom is 0.193 e. The molecule has 1 unspecified atom stereocenters. The Balaban J connectivity index is 0.00000338. The molecule has 1 N–H and O–H groups in total. The van der Waals surface area contributed by atoms with E-state index >= 15 is 0 Å². The molecule has 2 aliphatic heterocycles. The van der Waals surface area contributed by atoms with Crippen LogP contribution in [0.3, 0.4) is 0 Å². The lowest BCUT2D eigenvalue weighted by molar-refractivity contribution is 0.0170. The third-order valence-corrected chi connectivity index (χ3v) is 7.25. The fourth-order valence-electron chi connectivity index (χ4n) is 3.09. The highest BCUT2D eigenvalue weighted by Gasteiger charge is 2.40. The van der Waals surface area contributed by atoms with E-state index in [9.17, 15) is 8.42 Å². The maximum absolute atomic E-state index is 12.2. The zero-order valence-electron chi connectivity index (χ0n) is 16.2. The largest absolute Gasteiger partial charge is 0.379 e. The summed E-state index contributed by atoms with van der Waals surface area (Å²) in [4.78, 5) is 6.70. The Bertz CT molecular complexity index is 548. The first-order chi connectivity index (χ1) is 11.9. The van der Waals surface area contributed by atoms with Crippen molar-refractivity contribution < 1.29 is 17.9 Å². The van der Waals surface area contributed by atoms with E-state index in [-0.39, 0.29) is 35.8 Å². The second kappa shape index (κ2) is 11.0. The molecule has 0 amide bonds. The van der Waals surface area contributed by atoms with E-state index in [2.05, 4.69) is 15.2 Å². The molecule has 0 radical (unpaired) electrons. The van der Waals surface area contributed by atoms with Gasteiger partial charge in [-0.2, -0.15) is 0 Å². The van der Waals surface area contributed by atoms with Crippen molar-refractivity contribution in [1.29, 1.82) is 0 Å². The molecule has 2 heterocycles. The van der Waals surface area contributed by atoms with Crippen molar-refractivity contribution in [3.05, 3.63) is 0 Å². The molecule has 7 nitrogen and oxygen atoms in total. The maximum atomic E-state index is 12.2. The second-order valence-corrected chi connectivity index (χ2v) is 10.0. The van der Waals surface area contributed by atoms with Crippen molar-refractivity contribution in [1.82, 2.24) is 10.2 Å². The first-order valence-corrected chi connectivity index (χ1v) is 11.0. The molecular weight excluding hydrogens is 469 g/mol. The van der Waals surface area contributed by atoms with E-state index in [4.69, 9.17) is 9.47 Å². The Kier molecular flexibility index (Phi) is 10.1. The summed E-state index contributed by atoms with van der Waals surface area (Å²) in [6.07, 6.45) is 3.33. The molecule has 2 fully saturated rings. The Labute approximate surface area is 175 Å². The molecule has 0 aromatic heterocycles. The zero-order chi connectivity index (χ0) is 18.3. The molecule has 0 bridgehead atoms. The van der Waals surface area contributed by atoms with Crippen molar-refractivity contribution in [2.24, 2.45) is 4.99 Å². The molecule has 154 valence electrons. The second-order valence-electron chi connectivity index (χ2n) is 7.30. The molecule has 0 aliphatic carbocycles. The molecule has 2 aliphatic rings. The molecule has 0 spiro atoms. The molecular formula is C17H34IN3O4S. The number of aliphatic imine (C=N–C) groups is 1. The van der Waals surface area contributed by atoms with Gasteiger partial charge in [0, 0.05) is 39.4 Å². The van der Waals surface area contributed by atoms with Crippen LogP contribution in [0.1, 0.15) is 40.0 Å². The third-order valence-electron chi connectivity index (χ3n) is 4.71. The standard InChI is InChI=1S/C17H33N3O4S.HI/c1-4-18-16(20-9-12-25(21,22)17(2,3)14-20)19-8-6-10-23-13-15-7-5-11-24-15;/h15H,4-14H2,1-3H3,(H,18,19);1H. The molecule has 1 atom stereocenters. The summed E-state index contributed by atoms with van der Waals surface area (Å²) in [5.41, 5.74) is 0. The number of guanidine groups is 1. The van der Waals surface area contributed by atoms with Crippen LogP contribution in [0.25, 0.3) is 0 Å². The molecule has 0 aromatic rings. The van der Waals surface area contributed by atoms with Gasteiger partial charge in [-0.3, -0.25) is 4.99 Å². The minimum absolute atomic E-state index is 0. The van der Waals surface area contributed by atoms with E-state index in [1.807, 2.05) is 6.92 Å². The zero-order valence-corrected chi connectivity index (χ0v) is 19.3. The summed E-state index contributed by atoms with van der Waals surface area (Å²) in [6.45, 7) is 10.2. The van der Waals surface area contributed by atoms with Crippen LogP contribution in [0.15, 0.2) is 4.99 Å². The number of rotatable bonds is 7. The Morgan fingerprint density at radius 1 is 1.42 bits per heavy atom. The van der Waals surface area contributed by atoms with Gasteiger partial charge in [0.15, 0.2) is 15.8 Å². The van der Waals surface area contributed by atoms with Crippen molar-refractivity contribution in [2.45, 2.75) is 50.9 Å². The fourth-order valence-corrected chi connectivity index (χ4v) is 4.46. The topological polar surface area (TPSA) is 80.2 Å². The first kappa shape index (κ1) is 23.9. The van der Waals surface area contributed by atoms with Crippen LogP contribution in [-0.2, 0) is 19.3 Å². The van der Waals surface area contributed by atoms with Gasteiger partial charge in [-0.05, 0) is 40.0 Å². The van der Waals surface area contributed by atoms with Crippen LogP contribution in [0.2, 0.25) is 0 Å². The molecule has 2 saturated heterocycles. The van der Waals surface area contributed by atoms with Gasteiger partial charge < -0.3 is 19.7 Å². The molecule has 9 heteroatoms. The Hall–Kier alpha value is -0.130. The van der Waals surface area contributed by atoms with E-state index < -0.39 is 14.6 Å². The summed E-state index contributed by atoms with van der Waals surface area (Å²) in [6, 6.07) is 0. The lowest BCUT2D eigenvalue weighted by Crippen LogP contribution is -2.57. The predicted molar refractivity (Wildman–Crippen MR) is 115 cm³/mol. The Morgan fingerprint density at radius 3 is 2.81 bits per heavy atom. The highest BCUT2D eigenvalue weighted by atomic mass is 127. The van der Waals surface area contributed by atoms with Gasteiger partial charge >= 0.3 is 0 Å². The number of nitrogens with one attached hydrogen (secondary N) is 1. The smallest absolute Gasteiger partial charge is 0.193 e. The summed E-state index contributed by atoms with van der Waals surface area (Å²) in [5.74, 6) is 0.971. The number of ether oxygens (including phenoxy) is 2. The third kappa shape index (κ3) is 6.79. The minimum atomic E-state index is -3.04. The lowest BCUT2D eigenvalue weighted by atomic mass is 10.2. The summed E-state index contributed by atoms with van der Waals surface area (Å²) in [7, 11) is -3.04. The van der Waals surface area contributed by atoms with Crippen LogP contribution >= 0.6 is 24.0 Å². The van der Waals surface area contributed by atoms with Gasteiger partial charge in [0.2, 0.25) is 0 Å².